The maximum Gasteiger partial charge on any atom is 0.161 e. The fourth-order valence-corrected chi connectivity index (χ4v) is 2.90. The minimum atomic E-state index is 0.353. The van der Waals surface area contributed by atoms with Gasteiger partial charge < -0.3 is 14.8 Å². The van der Waals surface area contributed by atoms with E-state index in [0.717, 1.165) is 17.4 Å². The smallest absolute Gasteiger partial charge is 0.161 e. The molecule has 0 amide bonds. The van der Waals surface area contributed by atoms with Gasteiger partial charge in [-0.1, -0.05) is 12.5 Å². The Balaban J connectivity index is 1.67. The molecule has 1 fully saturated rings. The molecule has 1 saturated carbocycles. The Kier molecular flexibility index (Phi) is 3.65. The zero-order valence-electron chi connectivity index (χ0n) is 11.8. The topological polar surface area (TPSA) is 30.5 Å². The fourth-order valence-electron chi connectivity index (χ4n) is 2.90. The standard InChI is InChI=1S/C16H23NO2/c1-11(13-4-3-5-13)17-12(2)14-6-7-15-16(10-14)19-9-8-18-15/h6-7,10-13,17H,3-5,8-9H2,1-2H3. The molecule has 0 bridgehead atoms. The van der Waals surface area contributed by atoms with Crippen LogP contribution in [0.5, 0.6) is 11.5 Å². The summed E-state index contributed by atoms with van der Waals surface area (Å²) in [7, 11) is 0. The molecule has 3 nitrogen and oxygen atoms in total. The third-order valence-corrected chi connectivity index (χ3v) is 4.44. The summed E-state index contributed by atoms with van der Waals surface area (Å²) in [6.07, 6.45) is 4.15. The maximum absolute atomic E-state index is 5.65. The summed E-state index contributed by atoms with van der Waals surface area (Å²) in [5, 5.41) is 3.71. The molecule has 0 saturated heterocycles. The zero-order valence-corrected chi connectivity index (χ0v) is 11.8. The molecule has 2 unspecified atom stereocenters. The van der Waals surface area contributed by atoms with E-state index in [2.05, 4.69) is 31.3 Å². The van der Waals surface area contributed by atoms with Gasteiger partial charge in [0.05, 0.1) is 0 Å². The number of fused-ring (bicyclic) bond motifs is 1. The molecule has 3 heteroatoms. The van der Waals surface area contributed by atoms with E-state index in [4.69, 9.17) is 9.47 Å². The monoisotopic (exact) mass is 261 g/mol. The van der Waals surface area contributed by atoms with Gasteiger partial charge in [-0.05, 0) is 50.3 Å². The molecule has 1 aliphatic carbocycles. The van der Waals surface area contributed by atoms with Crippen LogP contribution in [0.15, 0.2) is 18.2 Å². The SMILES string of the molecule is CC(NC(C)C1CCC1)c1ccc2c(c1)OCCO2. The fraction of sp³-hybridized carbons (Fsp3) is 0.625. The van der Waals surface area contributed by atoms with Crippen LogP contribution >= 0.6 is 0 Å². The highest BCUT2D eigenvalue weighted by molar-refractivity contribution is 5.44. The largest absolute Gasteiger partial charge is 0.486 e. The van der Waals surface area contributed by atoms with Crippen molar-refractivity contribution in [3.63, 3.8) is 0 Å². The molecule has 1 N–H and O–H groups in total. The first-order valence-electron chi connectivity index (χ1n) is 7.39. The molecular formula is C16H23NO2. The van der Waals surface area contributed by atoms with Crippen molar-refractivity contribution in [3.8, 4) is 11.5 Å². The van der Waals surface area contributed by atoms with Crippen LogP contribution in [0.1, 0.15) is 44.7 Å². The van der Waals surface area contributed by atoms with Crippen LogP contribution in [0.4, 0.5) is 0 Å². The van der Waals surface area contributed by atoms with Crippen LogP contribution in [-0.2, 0) is 0 Å². The summed E-state index contributed by atoms with van der Waals surface area (Å²) in [5.74, 6) is 2.61. The van der Waals surface area contributed by atoms with E-state index in [0.29, 0.717) is 25.3 Å². The van der Waals surface area contributed by atoms with E-state index in [1.807, 2.05) is 6.07 Å². The van der Waals surface area contributed by atoms with Crippen LogP contribution < -0.4 is 14.8 Å². The van der Waals surface area contributed by atoms with Gasteiger partial charge in [0, 0.05) is 12.1 Å². The van der Waals surface area contributed by atoms with E-state index in [1.54, 1.807) is 0 Å². The highest BCUT2D eigenvalue weighted by atomic mass is 16.6. The van der Waals surface area contributed by atoms with Crippen molar-refractivity contribution in [2.75, 3.05) is 13.2 Å². The molecular weight excluding hydrogens is 238 g/mol. The van der Waals surface area contributed by atoms with E-state index >= 15 is 0 Å². The minimum Gasteiger partial charge on any atom is -0.486 e. The predicted octanol–water partition coefficient (Wildman–Crippen LogP) is 3.30. The van der Waals surface area contributed by atoms with Crippen molar-refractivity contribution < 1.29 is 9.47 Å². The number of nitrogens with one attached hydrogen (secondary N) is 1. The van der Waals surface area contributed by atoms with E-state index in [1.165, 1.54) is 24.8 Å². The average molecular weight is 261 g/mol. The van der Waals surface area contributed by atoms with Crippen molar-refractivity contribution in [1.29, 1.82) is 0 Å². The van der Waals surface area contributed by atoms with Crippen molar-refractivity contribution in [2.45, 2.75) is 45.2 Å². The molecule has 0 aromatic heterocycles. The molecule has 1 aliphatic heterocycles. The third kappa shape index (κ3) is 2.71. The maximum atomic E-state index is 5.65. The summed E-state index contributed by atoms with van der Waals surface area (Å²) in [6, 6.07) is 7.22. The van der Waals surface area contributed by atoms with Crippen molar-refractivity contribution in [1.82, 2.24) is 5.32 Å². The molecule has 19 heavy (non-hydrogen) atoms. The lowest BCUT2D eigenvalue weighted by Crippen LogP contribution is -2.38. The Bertz CT molecular complexity index is 442. The van der Waals surface area contributed by atoms with Gasteiger partial charge in [0.1, 0.15) is 13.2 Å². The lowest BCUT2D eigenvalue weighted by Gasteiger charge is -2.34. The van der Waals surface area contributed by atoms with Gasteiger partial charge in [0.15, 0.2) is 11.5 Å². The molecule has 2 atom stereocenters. The molecule has 0 spiro atoms. The predicted molar refractivity (Wildman–Crippen MR) is 75.8 cm³/mol. The van der Waals surface area contributed by atoms with Gasteiger partial charge >= 0.3 is 0 Å². The molecule has 1 heterocycles. The van der Waals surface area contributed by atoms with E-state index in [9.17, 15) is 0 Å². The Morgan fingerprint density at radius 2 is 1.84 bits per heavy atom. The summed E-state index contributed by atoms with van der Waals surface area (Å²) in [4.78, 5) is 0. The second-order valence-electron chi connectivity index (χ2n) is 5.77. The van der Waals surface area contributed by atoms with Gasteiger partial charge in [-0.15, -0.1) is 0 Å². The van der Waals surface area contributed by atoms with Crippen molar-refractivity contribution in [2.24, 2.45) is 5.92 Å². The molecule has 3 rings (SSSR count). The Morgan fingerprint density at radius 3 is 2.53 bits per heavy atom. The third-order valence-electron chi connectivity index (χ3n) is 4.44. The van der Waals surface area contributed by atoms with Gasteiger partial charge in [0.2, 0.25) is 0 Å². The Hall–Kier alpha value is -1.22. The summed E-state index contributed by atoms with van der Waals surface area (Å²) >= 11 is 0. The summed E-state index contributed by atoms with van der Waals surface area (Å²) in [5.41, 5.74) is 1.27. The number of hydrogen-bond acceptors (Lipinski definition) is 3. The van der Waals surface area contributed by atoms with E-state index in [-0.39, 0.29) is 0 Å². The summed E-state index contributed by atoms with van der Waals surface area (Å²) in [6.45, 7) is 5.83. The second kappa shape index (κ2) is 5.41. The molecule has 1 aromatic rings. The van der Waals surface area contributed by atoms with Gasteiger partial charge in [-0.2, -0.15) is 0 Å². The van der Waals surface area contributed by atoms with Crippen LogP contribution in [0.3, 0.4) is 0 Å². The Labute approximate surface area is 115 Å². The first-order chi connectivity index (χ1) is 9.24. The Morgan fingerprint density at radius 1 is 1.11 bits per heavy atom. The number of hydrogen-bond donors (Lipinski definition) is 1. The molecule has 2 aliphatic rings. The average Bonchev–Trinajstić information content (AvgIpc) is 2.36. The lowest BCUT2D eigenvalue weighted by molar-refractivity contribution is 0.171. The number of benzene rings is 1. The number of ether oxygens (including phenoxy) is 2. The molecule has 104 valence electrons. The van der Waals surface area contributed by atoms with Gasteiger partial charge in [0.25, 0.3) is 0 Å². The highest BCUT2D eigenvalue weighted by Crippen LogP contribution is 2.34. The first-order valence-corrected chi connectivity index (χ1v) is 7.39. The lowest BCUT2D eigenvalue weighted by atomic mass is 9.80. The van der Waals surface area contributed by atoms with Crippen molar-refractivity contribution >= 4 is 0 Å². The molecule has 1 aromatic carbocycles. The van der Waals surface area contributed by atoms with Crippen molar-refractivity contribution in [3.05, 3.63) is 23.8 Å². The molecule has 0 radical (unpaired) electrons. The van der Waals surface area contributed by atoms with Crippen LogP contribution in [0.25, 0.3) is 0 Å². The van der Waals surface area contributed by atoms with Crippen LogP contribution in [-0.4, -0.2) is 19.3 Å². The second-order valence-corrected chi connectivity index (χ2v) is 5.77. The normalized spacial score (nSPS) is 21.6. The highest BCUT2D eigenvalue weighted by Gasteiger charge is 2.25. The first kappa shape index (κ1) is 12.8. The number of rotatable bonds is 4. The zero-order chi connectivity index (χ0) is 13.2. The van der Waals surface area contributed by atoms with Gasteiger partial charge in [-0.25, -0.2) is 0 Å². The van der Waals surface area contributed by atoms with Crippen LogP contribution in [0, 0.1) is 5.92 Å². The van der Waals surface area contributed by atoms with Crippen LogP contribution in [0.2, 0.25) is 0 Å². The quantitative estimate of drug-likeness (QED) is 0.902. The van der Waals surface area contributed by atoms with E-state index < -0.39 is 0 Å². The summed E-state index contributed by atoms with van der Waals surface area (Å²) < 4.78 is 11.2. The van der Waals surface area contributed by atoms with Gasteiger partial charge in [-0.3, -0.25) is 0 Å². The minimum absolute atomic E-state index is 0.353.